The number of aromatic nitrogens is 2. The number of hydrogen-bond donors (Lipinski definition) is 2. The molecule has 2 aliphatic heterocycles. The lowest BCUT2D eigenvalue weighted by atomic mass is 10.1. The monoisotopic (exact) mass is 497 g/mol. The molecule has 0 spiro atoms. The highest BCUT2D eigenvalue weighted by molar-refractivity contribution is 7.92. The van der Waals surface area contributed by atoms with E-state index in [2.05, 4.69) is 20.0 Å². The van der Waals surface area contributed by atoms with Crippen LogP contribution in [0, 0.1) is 12.9 Å². The number of amides is 1. The van der Waals surface area contributed by atoms with Gasteiger partial charge in [0.05, 0.1) is 29.3 Å². The number of pyridine rings is 2. The molecule has 11 heteroatoms. The molecule has 35 heavy (non-hydrogen) atoms. The van der Waals surface area contributed by atoms with E-state index < -0.39 is 16.0 Å². The summed E-state index contributed by atoms with van der Waals surface area (Å²) in [6.45, 7) is 4.37. The van der Waals surface area contributed by atoms with Crippen molar-refractivity contribution in [2.24, 2.45) is 0 Å². The number of nitrogens with one attached hydrogen (secondary N) is 2. The lowest BCUT2D eigenvalue weighted by Crippen LogP contribution is -2.24. The summed E-state index contributed by atoms with van der Waals surface area (Å²) in [4.78, 5) is 23.3. The molecule has 0 radical (unpaired) electrons. The lowest BCUT2D eigenvalue weighted by molar-refractivity contribution is 0.102. The third-order valence-electron chi connectivity index (χ3n) is 6.07. The number of nitrogens with zero attached hydrogens (tertiary/aromatic N) is 3. The highest BCUT2D eigenvalue weighted by Crippen LogP contribution is 2.37. The van der Waals surface area contributed by atoms with Crippen LogP contribution in [0.25, 0.3) is 0 Å². The van der Waals surface area contributed by atoms with E-state index in [-0.39, 0.29) is 11.7 Å². The Balaban J connectivity index is 1.37. The van der Waals surface area contributed by atoms with E-state index in [9.17, 15) is 17.6 Å². The van der Waals surface area contributed by atoms with E-state index in [1.54, 1.807) is 36.2 Å². The van der Waals surface area contributed by atoms with E-state index in [1.807, 2.05) is 13.0 Å². The predicted octanol–water partition coefficient (Wildman–Crippen LogP) is 3.57. The van der Waals surface area contributed by atoms with Gasteiger partial charge >= 0.3 is 0 Å². The van der Waals surface area contributed by atoms with Crippen LogP contribution in [0.5, 0.6) is 5.75 Å². The van der Waals surface area contributed by atoms with E-state index in [0.717, 1.165) is 11.1 Å². The largest absolute Gasteiger partial charge is 0.493 e. The molecule has 0 bridgehead atoms. The standard InChI is InChI=1S/C24H24FN5O4S/c1-3-30-22-17(24(31)28-21-14(2)11-20(25)27-23(21)30)12-15(13-26-22)7-9-34-19-6-4-5-18-16(19)8-10-35(32,33)29-18/h4-6,11-13,29H,3,7-10H2,1-2H3,(H,28,31). The summed E-state index contributed by atoms with van der Waals surface area (Å²) in [5.74, 6) is 0.413. The quantitative estimate of drug-likeness (QED) is 0.518. The third-order valence-corrected chi connectivity index (χ3v) is 7.34. The van der Waals surface area contributed by atoms with Crippen LogP contribution in [-0.2, 0) is 22.9 Å². The molecule has 2 aromatic heterocycles. The van der Waals surface area contributed by atoms with Gasteiger partial charge in [0, 0.05) is 24.7 Å². The molecule has 1 aromatic carbocycles. The number of hydrogen-bond acceptors (Lipinski definition) is 7. The number of benzene rings is 1. The maximum Gasteiger partial charge on any atom is 0.259 e. The van der Waals surface area contributed by atoms with Crippen molar-refractivity contribution in [1.29, 1.82) is 0 Å². The van der Waals surface area contributed by atoms with Crippen LogP contribution in [0.4, 0.5) is 27.4 Å². The number of sulfonamides is 1. The summed E-state index contributed by atoms with van der Waals surface area (Å²) < 4.78 is 46.2. The molecular formula is C24H24FN5O4S. The van der Waals surface area contributed by atoms with Crippen molar-refractivity contribution < 1.29 is 22.3 Å². The zero-order chi connectivity index (χ0) is 24.7. The fourth-order valence-electron chi connectivity index (χ4n) is 4.35. The minimum absolute atomic E-state index is 0.0127. The van der Waals surface area contributed by atoms with Gasteiger partial charge in [0.2, 0.25) is 16.0 Å². The van der Waals surface area contributed by atoms with Gasteiger partial charge in [0.25, 0.3) is 5.91 Å². The molecule has 182 valence electrons. The van der Waals surface area contributed by atoms with Gasteiger partial charge in [-0.3, -0.25) is 9.52 Å². The van der Waals surface area contributed by atoms with Gasteiger partial charge in [-0.2, -0.15) is 9.37 Å². The summed E-state index contributed by atoms with van der Waals surface area (Å²) in [5, 5.41) is 2.85. The van der Waals surface area contributed by atoms with Crippen molar-refractivity contribution in [3.63, 3.8) is 0 Å². The number of carbonyl (C=O) groups is 1. The molecule has 4 heterocycles. The summed E-state index contributed by atoms with van der Waals surface area (Å²) in [6, 6.07) is 8.31. The smallest absolute Gasteiger partial charge is 0.259 e. The van der Waals surface area contributed by atoms with Gasteiger partial charge in [-0.1, -0.05) is 6.07 Å². The van der Waals surface area contributed by atoms with Crippen LogP contribution in [0.2, 0.25) is 0 Å². The lowest BCUT2D eigenvalue weighted by Gasteiger charge is -2.23. The normalized spacial score (nSPS) is 15.7. The van der Waals surface area contributed by atoms with E-state index in [1.165, 1.54) is 6.07 Å². The highest BCUT2D eigenvalue weighted by atomic mass is 32.2. The van der Waals surface area contributed by atoms with Crippen molar-refractivity contribution in [1.82, 2.24) is 9.97 Å². The summed E-state index contributed by atoms with van der Waals surface area (Å²) in [6.07, 6.45) is 2.53. The van der Waals surface area contributed by atoms with E-state index in [0.29, 0.717) is 65.9 Å². The Morgan fingerprint density at radius 3 is 2.86 bits per heavy atom. The molecule has 0 aliphatic carbocycles. The number of carbonyl (C=O) groups excluding carboxylic acids is 1. The fraction of sp³-hybridized carbons (Fsp3) is 0.292. The van der Waals surface area contributed by atoms with Gasteiger partial charge in [-0.15, -0.1) is 0 Å². The maximum atomic E-state index is 14.0. The van der Waals surface area contributed by atoms with Gasteiger partial charge in [0.15, 0.2) is 5.82 Å². The fourth-order valence-corrected chi connectivity index (χ4v) is 5.46. The number of rotatable bonds is 5. The summed E-state index contributed by atoms with van der Waals surface area (Å²) >= 11 is 0. The van der Waals surface area contributed by atoms with Crippen molar-refractivity contribution in [3.8, 4) is 5.75 Å². The number of fused-ring (bicyclic) bond motifs is 3. The van der Waals surface area contributed by atoms with Gasteiger partial charge in [-0.05, 0) is 55.7 Å². The van der Waals surface area contributed by atoms with Crippen molar-refractivity contribution in [2.75, 3.05) is 33.8 Å². The molecule has 0 unspecified atom stereocenters. The number of anilines is 4. The SMILES string of the molecule is CCN1c2ncc(CCOc3cccc4c3CCS(=O)(=O)N4)cc2C(=O)Nc2c(C)cc(F)nc21. The third kappa shape index (κ3) is 4.39. The van der Waals surface area contributed by atoms with Gasteiger partial charge in [-0.25, -0.2) is 13.4 Å². The Labute approximate surface area is 202 Å². The second kappa shape index (κ2) is 8.81. The first kappa shape index (κ1) is 23.0. The summed E-state index contributed by atoms with van der Waals surface area (Å²) in [7, 11) is -3.31. The first-order chi connectivity index (χ1) is 16.8. The molecule has 0 atom stereocenters. The zero-order valence-corrected chi connectivity index (χ0v) is 20.1. The topological polar surface area (TPSA) is 114 Å². The molecule has 0 saturated heterocycles. The second-order valence-electron chi connectivity index (χ2n) is 8.43. The number of aryl methyl sites for hydroxylation is 1. The van der Waals surface area contributed by atoms with Crippen LogP contribution in [0.1, 0.15) is 34.0 Å². The van der Waals surface area contributed by atoms with Crippen molar-refractivity contribution in [2.45, 2.75) is 26.7 Å². The minimum atomic E-state index is -3.31. The Morgan fingerprint density at radius 2 is 2.06 bits per heavy atom. The molecule has 3 aromatic rings. The van der Waals surface area contributed by atoms with E-state index >= 15 is 0 Å². The zero-order valence-electron chi connectivity index (χ0n) is 19.3. The van der Waals surface area contributed by atoms with Crippen LogP contribution in [0.3, 0.4) is 0 Å². The molecule has 5 rings (SSSR count). The Kier molecular flexibility index (Phi) is 5.79. The first-order valence-corrected chi connectivity index (χ1v) is 12.9. The van der Waals surface area contributed by atoms with Crippen LogP contribution < -0.4 is 19.7 Å². The maximum absolute atomic E-state index is 14.0. The molecule has 0 saturated carbocycles. The van der Waals surface area contributed by atoms with Crippen LogP contribution in [0.15, 0.2) is 36.5 Å². The number of ether oxygens (including phenoxy) is 1. The highest BCUT2D eigenvalue weighted by Gasteiger charge is 2.29. The molecule has 2 aliphatic rings. The average molecular weight is 498 g/mol. The Hall–Kier alpha value is -3.73. The molecule has 0 fully saturated rings. The van der Waals surface area contributed by atoms with Crippen molar-refractivity contribution in [3.05, 3.63) is 64.7 Å². The molecule has 1 amide bonds. The predicted molar refractivity (Wildman–Crippen MR) is 131 cm³/mol. The molecule has 2 N–H and O–H groups in total. The second-order valence-corrected chi connectivity index (χ2v) is 10.3. The number of halogens is 1. The van der Waals surface area contributed by atoms with Gasteiger partial charge in [0.1, 0.15) is 11.6 Å². The van der Waals surface area contributed by atoms with Crippen LogP contribution in [-0.4, -0.2) is 43.2 Å². The van der Waals surface area contributed by atoms with Gasteiger partial charge < -0.3 is 15.0 Å². The van der Waals surface area contributed by atoms with E-state index in [4.69, 9.17) is 4.74 Å². The van der Waals surface area contributed by atoms with Crippen LogP contribution >= 0.6 is 0 Å². The summed E-state index contributed by atoms with van der Waals surface area (Å²) in [5.41, 5.74) is 3.57. The van der Waals surface area contributed by atoms with Crippen molar-refractivity contribution >= 4 is 38.9 Å². The first-order valence-electron chi connectivity index (χ1n) is 11.3. The molecular weight excluding hydrogens is 473 g/mol. The Morgan fingerprint density at radius 1 is 1.23 bits per heavy atom. The Bertz CT molecular complexity index is 1440. The molecule has 9 nitrogen and oxygen atoms in total. The average Bonchev–Trinajstić information content (AvgIpc) is 2.92. The minimum Gasteiger partial charge on any atom is -0.493 e.